The zero-order chi connectivity index (χ0) is 22.7. The highest BCUT2D eigenvalue weighted by Gasteiger charge is 2.38. The lowest BCUT2D eigenvalue weighted by molar-refractivity contribution is -0.134. The summed E-state index contributed by atoms with van der Waals surface area (Å²) in [7, 11) is 1.52. The Kier molecular flexibility index (Phi) is 7.37. The molecule has 1 aliphatic heterocycles. The summed E-state index contributed by atoms with van der Waals surface area (Å²) in [5.74, 6) is -0.455. The van der Waals surface area contributed by atoms with Crippen LogP contribution in [0.4, 0.5) is 4.79 Å². The molecule has 0 aromatic heterocycles. The van der Waals surface area contributed by atoms with Crippen molar-refractivity contribution >= 4 is 17.9 Å². The van der Waals surface area contributed by atoms with Gasteiger partial charge in [0.2, 0.25) is 11.8 Å². The molecule has 3 amide bonds. The Labute approximate surface area is 180 Å². The van der Waals surface area contributed by atoms with Crippen LogP contribution in [0, 0.1) is 5.41 Å². The molecule has 0 radical (unpaired) electrons. The SMILES string of the molecule is CNC(=O)C1CN(C(=O)C=CC2=C(C)CCCC2(C)C)CCN1C(=O)OC(C)(C)C. The van der Waals surface area contributed by atoms with E-state index in [1.165, 1.54) is 29.5 Å². The molecule has 1 atom stereocenters. The van der Waals surface area contributed by atoms with Gasteiger partial charge in [-0.3, -0.25) is 14.5 Å². The minimum atomic E-state index is -0.775. The van der Waals surface area contributed by atoms with Crippen LogP contribution in [0.2, 0.25) is 0 Å². The number of nitrogens with one attached hydrogen (secondary N) is 1. The Bertz CT molecular complexity index is 746. The average Bonchev–Trinajstić information content (AvgIpc) is 2.64. The van der Waals surface area contributed by atoms with Crippen LogP contribution in [0.25, 0.3) is 0 Å². The van der Waals surface area contributed by atoms with E-state index in [9.17, 15) is 14.4 Å². The highest BCUT2D eigenvalue weighted by Crippen LogP contribution is 2.40. The number of nitrogens with zero attached hydrogens (tertiary/aromatic N) is 2. The Hall–Kier alpha value is -2.31. The van der Waals surface area contributed by atoms with Crippen molar-refractivity contribution in [1.82, 2.24) is 15.1 Å². The maximum absolute atomic E-state index is 12.9. The van der Waals surface area contributed by atoms with Crippen molar-refractivity contribution in [3.63, 3.8) is 0 Å². The van der Waals surface area contributed by atoms with Gasteiger partial charge in [0, 0.05) is 26.2 Å². The number of ether oxygens (including phenoxy) is 1. The van der Waals surface area contributed by atoms with E-state index in [1.807, 2.05) is 6.08 Å². The molecule has 168 valence electrons. The Morgan fingerprint density at radius 2 is 1.87 bits per heavy atom. The number of carbonyl (C=O) groups excluding carboxylic acids is 3. The summed E-state index contributed by atoms with van der Waals surface area (Å²) in [4.78, 5) is 40.9. The van der Waals surface area contributed by atoms with Crippen LogP contribution in [0.3, 0.4) is 0 Å². The third-order valence-electron chi connectivity index (χ3n) is 5.80. The van der Waals surface area contributed by atoms with Gasteiger partial charge in [0.15, 0.2) is 0 Å². The number of allylic oxidation sites excluding steroid dienone is 3. The summed E-state index contributed by atoms with van der Waals surface area (Å²) >= 11 is 0. The fourth-order valence-electron chi connectivity index (χ4n) is 4.18. The highest BCUT2D eigenvalue weighted by atomic mass is 16.6. The predicted molar refractivity (Wildman–Crippen MR) is 117 cm³/mol. The number of amides is 3. The molecule has 7 nitrogen and oxygen atoms in total. The molecule has 30 heavy (non-hydrogen) atoms. The first kappa shape index (κ1) is 24.0. The van der Waals surface area contributed by atoms with Crippen LogP contribution in [-0.4, -0.2) is 66.0 Å². The average molecular weight is 420 g/mol. The van der Waals surface area contributed by atoms with Gasteiger partial charge >= 0.3 is 6.09 Å². The minimum Gasteiger partial charge on any atom is -0.444 e. The molecule has 2 aliphatic rings. The van der Waals surface area contributed by atoms with Gasteiger partial charge in [0.25, 0.3) is 0 Å². The first-order valence-corrected chi connectivity index (χ1v) is 10.7. The van der Waals surface area contributed by atoms with Gasteiger partial charge < -0.3 is 15.0 Å². The number of hydrogen-bond donors (Lipinski definition) is 1. The van der Waals surface area contributed by atoms with Crippen molar-refractivity contribution < 1.29 is 19.1 Å². The molecule has 1 N–H and O–H groups in total. The van der Waals surface area contributed by atoms with Gasteiger partial charge in [-0.2, -0.15) is 0 Å². The molecule has 0 saturated carbocycles. The molecule has 2 rings (SSSR count). The minimum absolute atomic E-state index is 0.0547. The van der Waals surface area contributed by atoms with Crippen LogP contribution < -0.4 is 5.32 Å². The summed E-state index contributed by atoms with van der Waals surface area (Å²) in [5, 5.41) is 2.59. The van der Waals surface area contributed by atoms with Crippen LogP contribution in [0.1, 0.15) is 60.8 Å². The second-order valence-electron chi connectivity index (χ2n) is 9.85. The predicted octanol–water partition coefficient (Wildman–Crippen LogP) is 3.26. The number of likely N-dealkylation sites (N-methyl/N-ethyl adjacent to an activating group) is 1. The van der Waals surface area contributed by atoms with Gasteiger partial charge in [0.1, 0.15) is 11.6 Å². The molecule has 1 aliphatic carbocycles. The van der Waals surface area contributed by atoms with E-state index in [0.29, 0.717) is 6.54 Å². The van der Waals surface area contributed by atoms with E-state index in [1.54, 1.807) is 31.7 Å². The number of piperazine rings is 1. The van der Waals surface area contributed by atoms with E-state index in [4.69, 9.17) is 4.74 Å². The number of hydrogen-bond acceptors (Lipinski definition) is 4. The molecular formula is C23H37N3O4. The largest absolute Gasteiger partial charge is 0.444 e. The number of rotatable bonds is 3. The van der Waals surface area contributed by atoms with Crippen molar-refractivity contribution in [3.05, 3.63) is 23.3 Å². The molecule has 1 unspecified atom stereocenters. The van der Waals surface area contributed by atoms with E-state index in [2.05, 4.69) is 26.1 Å². The highest BCUT2D eigenvalue weighted by molar-refractivity contribution is 5.91. The van der Waals surface area contributed by atoms with Crippen molar-refractivity contribution in [2.24, 2.45) is 5.41 Å². The zero-order valence-corrected chi connectivity index (χ0v) is 19.5. The monoisotopic (exact) mass is 419 g/mol. The molecule has 0 aromatic rings. The lowest BCUT2D eigenvalue weighted by Gasteiger charge is -2.40. The first-order valence-electron chi connectivity index (χ1n) is 10.7. The van der Waals surface area contributed by atoms with Gasteiger partial charge in [-0.05, 0) is 57.9 Å². The first-order chi connectivity index (χ1) is 13.9. The summed E-state index contributed by atoms with van der Waals surface area (Å²) in [5.41, 5.74) is 1.95. The molecule has 1 fully saturated rings. The Morgan fingerprint density at radius 1 is 1.20 bits per heavy atom. The Morgan fingerprint density at radius 3 is 2.43 bits per heavy atom. The van der Waals surface area contributed by atoms with Crippen molar-refractivity contribution in [2.75, 3.05) is 26.7 Å². The van der Waals surface area contributed by atoms with E-state index < -0.39 is 17.7 Å². The summed E-state index contributed by atoms with van der Waals surface area (Å²) in [6.07, 6.45) is 6.34. The summed E-state index contributed by atoms with van der Waals surface area (Å²) < 4.78 is 5.44. The topological polar surface area (TPSA) is 79.0 Å². The molecule has 1 heterocycles. The van der Waals surface area contributed by atoms with Crippen LogP contribution in [0.15, 0.2) is 23.3 Å². The van der Waals surface area contributed by atoms with Crippen LogP contribution in [-0.2, 0) is 14.3 Å². The maximum Gasteiger partial charge on any atom is 0.411 e. The molecular weight excluding hydrogens is 382 g/mol. The zero-order valence-electron chi connectivity index (χ0n) is 19.5. The van der Waals surface area contributed by atoms with E-state index in [0.717, 1.165) is 12.8 Å². The van der Waals surface area contributed by atoms with Gasteiger partial charge in [-0.25, -0.2) is 4.79 Å². The fraction of sp³-hybridized carbons (Fsp3) is 0.696. The second kappa shape index (κ2) is 9.23. The summed E-state index contributed by atoms with van der Waals surface area (Å²) in [6, 6.07) is -0.775. The fourth-order valence-corrected chi connectivity index (χ4v) is 4.18. The molecule has 0 aromatic carbocycles. The van der Waals surface area contributed by atoms with Crippen LogP contribution >= 0.6 is 0 Å². The standard InChI is InChI=1S/C23H37N3O4/c1-16-9-8-12-23(5,6)17(16)10-11-19(27)25-13-14-26(18(15-25)20(28)24-7)21(29)30-22(2,3)4/h10-11,18H,8-9,12-15H2,1-7H3,(H,24,28). The Balaban J connectivity index is 2.14. The molecule has 7 heteroatoms. The molecule has 0 spiro atoms. The second-order valence-corrected chi connectivity index (χ2v) is 9.85. The maximum atomic E-state index is 12.9. The molecule has 1 saturated heterocycles. The van der Waals surface area contributed by atoms with Gasteiger partial charge in [0.05, 0.1) is 6.54 Å². The summed E-state index contributed by atoms with van der Waals surface area (Å²) in [6.45, 7) is 12.7. The van der Waals surface area contributed by atoms with Crippen molar-refractivity contribution in [3.8, 4) is 0 Å². The normalized spacial score (nSPS) is 22.3. The number of carbonyl (C=O) groups is 3. The van der Waals surface area contributed by atoms with Crippen LogP contribution in [0.5, 0.6) is 0 Å². The third-order valence-corrected chi connectivity index (χ3v) is 5.80. The smallest absolute Gasteiger partial charge is 0.411 e. The van der Waals surface area contributed by atoms with E-state index in [-0.39, 0.29) is 30.3 Å². The lowest BCUT2D eigenvalue weighted by Crippen LogP contribution is -2.61. The van der Waals surface area contributed by atoms with Crippen molar-refractivity contribution in [2.45, 2.75) is 72.4 Å². The lowest BCUT2D eigenvalue weighted by atomic mass is 9.72. The third kappa shape index (κ3) is 5.86. The molecule has 0 bridgehead atoms. The quantitative estimate of drug-likeness (QED) is 0.712. The van der Waals surface area contributed by atoms with Gasteiger partial charge in [-0.15, -0.1) is 0 Å². The van der Waals surface area contributed by atoms with Gasteiger partial charge in [-0.1, -0.05) is 25.5 Å². The van der Waals surface area contributed by atoms with E-state index >= 15 is 0 Å². The van der Waals surface area contributed by atoms with Crippen molar-refractivity contribution in [1.29, 1.82) is 0 Å².